The fraction of sp³-hybridized carbons (Fsp3) is 0.364. The average molecular weight is 194 g/mol. The Labute approximate surface area is 83.6 Å². The third kappa shape index (κ3) is 2.05. The van der Waals surface area contributed by atoms with Crippen LogP contribution in [-0.4, -0.2) is 20.2 Å². The highest BCUT2D eigenvalue weighted by molar-refractivity contribution is 5.78. The van der Waals surface area contributed by atoms with Crippen molar-refractivity contribution < 1.29 is 14.3 Å². The molecule has 0 fully saturated rings. The zero-order chi connectivity index (χ0) is 10.6. The number of methoxy groups -OCH3 is 2. The van der Waals surface area contributed by atoms with Crippen LogP contribution in [0.3, 0.4) is 0 Å². The first-order valence-corrected chi connectivity index (χ1v) is 4.41. The molecule has 0 spiro atoms. The molecule has 0 saturated heterocycles. The van der Waals surface area contributed by atoms with Crippen LogP contribution in [0.5, 0.6) is 5.75 Å². The third-order valence-electron chi connectivity index (χ3n) is 2.16. The van der Waals surface area contributed by atoms with E-state index in [9.17, 15) is 4.79 Å². The number of para-hydroxylation sites is 1. The van der Waals surface area contributed by atoms with E-state index in [0.29, 0.717) is 5.75 Å². The van der Waals surface area contributed by atoms with Gasteiger partial charge in [-0.25, -0.2) is 0 Å². The van der Waals surface area contributed by atoms with E-state index < -0.39 is 0 Å². The van der Waals surface area contributed by atoms with Crippen molar-refractivity contribution in [3.05, 3.63) is 29.8 Å². The molecule has 0 radical (unpaired) electrons. The molecule has 0 aliphatic rings. The number of esters is 1. The second kappa shape index (κ2) is 4.65. The van der Waals surface area contributed by atoms with Crippen molar-refractivity contribution in [2.24, 2.45) is 0 Å². The standard InChI is InChI=1S/C11H14O3/c1-8(11(12)14-3)9-6-4-5-7-10(9)13-2/h4-8H,1-3H3. The largest absolute Gasteiger partial charge is 0.496 e. The quantitative estimate of drug-likeness (QED) is 0.690. The van der Waals surface area contributed by atoms with Gasteiger partial charge in [0.2, 0.25) is 0 Å². The van der Waals surface area contributed by atoms with E-state index in [0.717, 1.165) is 5.56 Å². The predicted octanol–water partition coefficient (Wildman–Crippen LogP) is 1.97. The van der Waals surface area contributed by atoms with Gasteiger partial charge in [-0.15, -0.1) is 0 Å². The van der Waals surface area contributed by atoms with Crippen LogP contribution in [0.1, 0.15) is 18.4 Å². The van der Waals surface area contributed by atoms with Crippen LogP contribution in [0.4, 0.5) is 0 Å². The minimum atomic E-state index is -0.295. The molecule has 76 valence electrons. The summed E-state index contributed by atoms with van der Waals surface area (Å²) in [6.45, 7) is 1.80. The third-order valence-corrected chi connectivity index (χ3v) is 2.16. The highest BCUT2D eigenvalue weighted by Gasteiger charge is 2.18. The molecule has 3 nitrogen and oxygen atoms in total. The van der Waals surface area contributed by atoms with E-state index >= 15 is 0 Å². The lowest BCUT2D eigenvalue weighted by Crippen LogP contribution is -2.11. The Kier molecular flexibility index (Phi) is 3.51. The van der Waals surface area contributed by atoms with Gasteiger partial charge in [0.1, 0.15) is 5.75 Å². The van der Waals surface area contributed by atoms with Gasteiger partial charge in [-0.1, -0.05) is 18.2 Å². The molecule has 0 saturated carbocycles. The monoisotopic (exact) mass is 194 g/mol. The summed E-state index contributed by atoms with van der Waals surface area (Å²) < 4.78 is 9.82. The molecule has 0 aliphatic heterocycles. The van der Waals surface area contributed by atoms with E-state index in [1.807, 2.05) is 24.3 Å². The summed E-state index contributed by atoms with van der Waals surface area (Å²) >= 11 is 0. The zero-order valence-corrected chi connectivity index (χ0v) is 8.61. The molecule has 1 rings (SSSR count). The molecule has 0 amide bonds. The molecule has 0 bridgehead atoms. The van der Waals surface area contributed by atoms with Gasteiger partial charge in [0.05, 0.1) is 20.1 Å². The van der Waals surface area contributed by atoms with Crippen LogP contribution < -0.4 is 4.74 Å². The number of ether oxygens (including phenoxy) is 2. The van der Waals surface area contributed by atoms with Crippen molar-refractivity contribution in [3.8, 4) is 5.75 Å². The number of carbonyl (C=O) groups excluding carboxylic acids is 1. The molecule has 1 aromatic carbocycles. The number of hydrogen-bond donors (Lipinski definition) is 0. The summed E-state index contributed by atoms with van der Waals surface area (Å²) in [5.74, 6) is 0.163. The van der Waals surface area contributed by atoms with Crippen molar-refractivity contribution in [2.75, 3.05) is 14.2 Å². The second-order valence-corrected chi connectivity index (χ2v) is 2.99. The first-order chi connectivity index (χ1) is 6.70. The van der Waals surface area contributed by atoms with Gasteiger partial charge in [-0.05, 0) is 13.0 Å². The molecule has 1 atom stereocenters. The second-order valence-electron chi connectivity index (χ2n) is 2.99. The average Bonchev–Trinajstić information content (AvgIpc) is 2.26. The van der Waals surface area contributed by atoms with Gasteiger partial charge >= 0.3 is 5.97 Å². The van der Waals surface area contributed by atoms with Crippen LogP contribution in [0, 0.1) is 0 Å². The van der Waals surface area contributed by atoms with Crippen LogP contribution in [-0.2, 0) is 9.53 Å². The predicted molar refractivity (Wildman–Crippen MR) is 53.4 cm³/mol. The molecule has 0 N–H and O–H groups in total. The Morgan fingerprint density at radius 3 is 2.50 bits per heavy atom. The van der Waals surface area contributed by atoms with Gasteiger partial charge in [0, 0.05) is 5.56 Å². The van der Waals surface area contributed by atoms with Crippen molar-refractivity contribution in [3.63, 3.8) is 0 Å². The maximum atomic E-state index is 11.3. The van der Waals surface area contributed by atoms with E-state index in [1.54, 1.807) is 14.0 Å². The number of carbonyl (C=O) groups is 1. The van der Waals surface area contributed by atoms with Gasteiger partial charge < -0.3 is 9.47 Å². The SMILES string of the molecule is COC(=O)C(C)c1ccccc1OC. The van der Waals surface area contributed by atoms with Gasteiger partial charge in [0.15, 0.2) is 0 Å². The minimum Gasteiger partial charge on any atom is -0.496 e. The summed E-state index contributed by atoms with van der Waals surface area (Å²) in [5, 5.41) is 0. The lowest BCUT2D eigenvalue weighted by molar-refractivity contribution is -0.142. The van der Waals surface area contributed by atoms with Crippen molar-refractivity contribution in [2.45, 2.75) is 12.8 Å². The molecular weight excluding hydrogens is 180 g/mol. The molecular formula is C11H14O3. The Morgan fingerprint density at radius 2 is 1.93 bits per heavy atom. The Balaban J connectivity index is 2.99. The molecule has 14 heavy (non-hydrogen) atoms. The van der Waals surface area contributed by atoms with Gasteiger partial charge in [-0.2, -0.15) is 0 Å². The highest BCUT2D eigenvalue weighted by Crippen LogP contribution is 2.26. The fourth-order valence-corrected chi connectivity index (χ4v) is 1.33. The van der Waals surface area contributed by atoms with Crippen molar-refractivity contribution in [1.29, 1.82) is 0 Å². The minimum absolute atomic E-state index is 0.255. The number of benzene rings is 1. The maximum Gasteiger partial charge on any atom is 0.312 e. The molecule has 1 unspecified atom stereocenters. The maximum absolute atomic E-state index is 11.3. The van der Waals surface area contributed by atoms with Crippen LogP contribution in [0.25, 0.3) is 0 Å². The van der Waals surface area contributed by atoms with Crippen molar-refractivity contribution >= 4 is 5.97 Å². The Morgan fingerprint density at radius 1 is 1.29 bits per heavy atom. The molecule has 3 heteroatoms. The fourth-order valence-electron chi connectivity index (χ4n) is 1.33. The summed E-state index contributed by atoms with van der Waals surface area (Å²) in [6.07, 6.45) is 0. The molecule has 0 aliphatic carbocycles. The lowest BCUT2D eigenvalue weighted by atomic mass is 10.0. The van der Waals surface area contributed by atoms with Crippen molar-refractivity contribution in [1.82, 2.24) is 0 Å². The van der Waals surface area contributed by atoms with Crippen LogP contribution in [0.2, 0.25) is 0 Å². The summed E-state index contributed by atoms with van der Waals surface area (Å²) in [7, 11) is 2.97. The van der Waals surface area contributed by atoms with E-state index in [-0.39, 0.29) is 11.9 Å². The first kappa shape index (κ1) is 10.6. The number of rotatable bonds is 3. The smallest absolute Gasteiger partial charge is 0.312 e. The van der Waals surface area contributed by atoms with Crippen LogP contribution in [0.15, 0.2) is 24.3 Å². The molecule has 0 aromatic heterocycles. The van der Waals surface area contributed by atoms with Crippen LogP contribution >= 0.6 is 0 Å². The topological polar surface area (TPSA) is 35.5 Å². The van der Waals surface area contributed by atoms with Gasteiger partial charge in [-0.3, -0.25) is 4.79 Å². The summed E-state index contributed by atoms with van der Waals surface area (Å²) in [6, 6.07) is 7.43. The van der Waals surface area contributed by atoms with E-state index in [2.05, 4.69) is 4.74 Å². The Bertz CT molecular complexity index is 320. The summed E-state index contributed by atoms with van der Waals surface area (Å²) in [4.78, 5) is 11.3. The van der Waals surface area contributed by atoms with E-state index in [1.165, 1.54) is 7.11 Å². The van der Waals surface area contributed by atoms with E-state index in [4.69, 9.17) is 4.74 Å². The highest BCUT2D eigenvalue weighted by atomic mass is 16.5. The lowest BCUT2D eigenvalue weighted by Gasteiger charge is -2.12. The molecule has 1 aromatic rings. The number of hydrogen-bond acceptors (Lipinski definition) is 3. The zero-order valence-electron chi connectivity index (χ0n) is 8.61. The normalized spacial score (nSPS) is 11.9. The summed E-state index contributed by atoms with van der Waals surface area (Å²) in [5.41, 5.74) is 0.849. The first-order valence-electron chi connectivity index (χ1n) is 4.41. The van der Waals surface area contributed by atoms with Gasteiger partial charge in [0.25, 0.3) is 0 Å². The Hall–Kier alpha value is -1.51. The molecule has 0 heterocycles.